The monoisotopic (exact) mass is 453 g/mol. The summed E-state index contributed by atoms with van der Waals surface area (Å²) in [6.07, 6.45) is 1.72. The Morgan fingerprint density at radius 2 is 1.61 bits per heavy atom. The van der Waals surface area contributed by atoms with Gasteiger partial charge in [0.2, 0.25) is 0 Å². The number of anilines is 5. The zero-order chi connectivity index (χ0) is 22.6. The van der Waals surface area contributed by atoms with Crippen LogP contribution in [0.3, 0.4) is 0 Å². The molecule has 0 aliphatic rings. The molecule has 33 heavy (non-hydrogen) atoms. The molecule has 3 aromatic heterocycles. The van der Waals surface area contributed by atoms with Crippen LogP contribution in [0.2, 0.25) is 0 Å². The van der Waals surface area contributed by atoms with Gasteiger partial charge >= 0.3 is 0 Å². The summed E-state index contributed by atoms with van der Waals surface area (Å²) in [6, 6.07) is 20.4. The lowest BCUT2D eigenvalue weighted by molar-refractivity contribution is 0.102. The average molecular weight is 454 g/mol. The standard InChI is InChI=1S/C24H19N7OS/c1-15-27-22(13-23(28-15)31-21-4-2-3-11-25-21)29-17-6-8-18(9-7-17)30-24(32)16-5-10-19-20(12-16)33-14-26-19/h2-14H,1H3,(H,30,32)(H2,25,27,28,29,31). The summed E-state index contributed by atoms with van der Waals surface area (Å²) in [7, 11) is 0. The van der Waals surface area contributed by atoms with Crippen LogP contribution in [0.4, 0.5) is 28.8 Å². The summed E-state index contributed by atoms with van der Waals surface area (Å²) >= 11 is 1.51. The smallest absolute Gasteiger partial charge is 0.255 e. The maximum Gasteiger partial charge on any atom is 0.255 e. The number of hydrogen-bond donors (Lipinski definition) is 3. The SMILES string of the molecule is Cc1nc(Nc2ccc(NC(=O)c3ccc4ncsc4c3)cc2)cc(Nc2ccccn2)n1. The van der Waals surface area contributed by atoms with Gasteiger partial charge in [0, 0.05) is 29.2 Å². The van der Waals surface area contributed by atoms with Crippen LogP contribution in [0.1, 0.15) is 16.2 Å². The number of carbonyl (C=O) groups is 1. The minimum absolute atomic E-state index is 0.164. The lowest BCUT2D eigenvalue weighted by atomic mass is 10.2. The van der Waals surface area contributed by atoms with Crippen molar-refractivity contribution in [2.75, 3.05) is 16.0 Å². The van der Waals surface area contributed by atoms with Crippen molar-refractivity contribution in [2.45, 2.75) is 6.92 Å². The number of aryl methyl sites for hydroxylation is 1. The Bertz CT molecular complexity index is 1420. The van der Waals surface area contributed by atoms with Gasteiger partial charge in [0.15, 0.2) is 0 Å². The van der Waals surface area contributed by atoms with Crippen LogP contribution in [0, 0.1) is 6.92 Å². The second-order valence-corrected chi connectivity index (χ2v) is 8.10. The van der Waals surface area contributed by atoms with Gasteiger partial charge in [-0.05, 0) is 61.5 Å². The van der Waals surface area contributed by atoms with E-state index in [4.69, 9.17) is 0 Å². The second kappa shape index (κ2) is 9.01. The minimum atomic E-state index is -0.164. The van der Waals surface area contributed by atoms with E-state index in [1.807, 2.05) is 67.6 Å². The number of pyridine rings is 1. The molecule has 3 heterocycles. The highest BCUT2D eigenvalue weighted by molar-refractivity contribution is 7.16. The van der Waals surface area contributed by atoms with Gasteiger partial charge in [-0.3, -0.25) is 4.79 Å². The van der Waals surface area contributed by atoms with Crippen LogP contribution in [-0.2, 0) is 0 Å². The molecule has 0 bridgehead atoms. The fourth-order valence-corrected chi connectivity index (χ4v) is 3.96. The summed E-state index contributed by atoms with van der Waals surface area (Å²) in [6.45, 7) is 1.83. The maximum absolute atomic E-state index is 12.6. The third-order valence-electron chi connectivity index (χ3n) is 4.77. The fourth-order valence-electron chi connectivity index (χ4n) is 3.25. The molecule has 0 aliphatic heterocycles. The van der Waals surface area contributed by atoms with Gasteiger partial charge in [-0.1, -0.05) is 6.07 Å². The molecule has 0 fully saturated rings. The summed E-state index contributed by atoms with van der Waals surface area (Å²) in [5, 5.41) is 9.37. The summed E-state index contributed by atoms with van der Waals surface area (Å²) in [5.41, 5.74) is 4.80. The molecule has 9 heteroatoms. The number of amides is 1. The van der Waals surface area contributed by atoms with Crippen molar-refractivity contribution in [1.82, 2.24) is 19.9 Å². The number of carbonyl (C=O) groups excluding carboxylic acids is 1. The lowest BCUT2D eigenvalue weighted by Gasteiger charge is -2.11. The van der Waals surface area contributed by atoms with Crippen molar-refractivity contribution in [3.05, 3.63) is 89.8 Å². The van der Waals surface area contributed by atoms with E-state index in [-0.39, 0.29) is 5.91 Å². The molecule has 0 radical (unpaired) electrons. The van der Waals surface area contributed by atoms with Crippen LogP contribution in [0.25, 0.3) is 10.2 Å². The molecule has 5 aromatic rings. The lowest BCUT2D eigenvalue weighted by Crippen LogP contribution is -2.11. The zero-order valence-electron chi connectivity index (χ0n) is 17.6. The molecule has 3 N–H and O–H groups in total. The maximum atomic E-state index is 12.6. The summed E-state index contributed by atoms with van der Waals surface area (Å²) in [5.74, 6) is 2.46. The van der Waals surface area contributed by atoms with Crippen molar-refractivity contribution in [2.24, 2.45) is 0 Å². The van der Waals surface area contributed by atoms with E-state index >= 15 is 0 Å². The molecule has 1 amide bonds. The minimum Gasteiger partial charge on any atom is -0.340 e. The molecular formula is C24H19N7OS. The van der Waals surface area contributed by atoms with Gasteiger partial charge in [0.05, 0.1) is 15.7 Å². The molecule has 0 saturated carbocycles. The molecule has 0 aliphatic carbocycles. The Morgan fingerprint density at radius 3 is 2.39 bits per heavy atom. The van der Waals surface area contributed by atoms with Crippen molar-refractivity contribution >= 4 is 56.3 Å². The molecule has 2 aromatic carbocycles. The van der Waals surface area contributed by atoms with Crippen molar-refractivity contribution in [1.29, 1.82) is 0 Å². The van der Waals surface area contributed by atoms with Crippen molar-refractivity contribution in [3.8, 4) is 0 Å². The van der Waals surface area contributed by atoms with Gasteiger partial charge < -0.3 is 16.0 Å². The van der Waals surface area contributed by atoms with Gasteiger partial charge in [0.25, 0.3) is 5.91 Å². The van der Waals surface area contributed by atoms with E-state index in [0.29, 0.717) is 34.5 Å². The third-order valence-corrected chi connectivity index (χ3v) is 5.56. The zero-order valence-corrected chi connectivity index (χ0v) is 18.4. The Morgan fingerprint density at radius 1 is 0.818 bits per heavy atom. The molecule has 8 nitrogen and oxygen atoms in total. The number of fused-ring (bicyclic) bond motifs is 1. The van der Waals surface area contributed by atoms with Crippen molar-refractivity contribution < 1.29 is 4.79 Å². The average Bonchev–Trinajstić information content (AvgIpc) is 3.29. The van der Waals surface area contributed by atoms with Crippen LogP contribution in [-0.4, -0.2) is 25.8 Å². The Kier molecular flexibility index (Phi) is 5.61. The largest absolute Gasteiger partial charge is 0.340 e. The van der Waals surface area contributed by atoms with Gasteiger partial charge in [-0.2, -0.15) is 0 Å². The van der Waals surface area contributed by atoms with Crippen LogP contribution in [0.15, 0.2) is 78.4 Å². The quantitative estimate of drug-likeness (QED) is 0.310. The Hall–Kier alpha value is -4.37. The van der Waals surface area contributed by atoms with E-state index < -0.39 is 0 Å². The molecule has 0 atom stereocenters. The number of rotatable bonds is 6. The van der Waals surface area contributed by atoms with E-state index in [0.717, 1.165) is 15.9 Å². The number of hydrogen-bond acceptors (Lipinski definition) is 8. The number of aromatic nitrogens is 4. The highest BCUT2D eigenvalue weighted by atomic mass is 32.1. The first-order valence-electron chi connectivity index (χ1n) is 10.2. The molecular weight excluding hydrogens is 434 g/mol. The van der Waals surface area contributed by atoms with Crippen LogP contribution < -0.4 is 16.0 Å². The fraction of sp³-hybridized carbons (Fsp3) is 0.0417. The number of thiazole rings is 1. The molecule has 162 valence electrons. The Labute approximate surface area is 193 Å². The predicted octanol–water partition coefficient (Wildman–Crippen LogP) is 5.53. The van der Waals surface area contributed by atoms with Crippen LogP contribution >= 0.6 is 11.3 Å². The Balaban J connectivity index is 1.26. The van der Waals surface area contributed by atoms with E-state index in [2.05, 4.69) is 35.9 Å². The number of nitrogens with zero attached hydrogens (tertiary/aromatic N) is 4. The van der Waals surface area contributed by atoms with Gasteiger partial charge in [0.1, 0.15) is 23.3 Å². The van der Waals surface area contributed by atoms with E-state index in [1.54, 1.807) is 17.8 Å². The first kappa shape index (κ1) is 20.5. The highest BCUT2D eigenvalue weighted by Gasteiger charge is 2.09. The van der Waals surface area contributed by atoms with E-state index in [1.165, 1.54) is 11.3 Å². The summed E-state index contributed by atoms with van der Waals surface area (Å²) < 4.78 is 0.985. The molecule has 0 spiro atoms. The normalized spacial score (nSPS) is 10.7. The van der Waals surface area contributed by atoms with E-state index in [9.17, 15) is 4.79 Å². The topological polar surface area (TPSA) is 105 Å². The van der Waals surface area contributed by atoms with Crippen molar-refractivity contribution in [3.63, 3.8) is 0 Å². The molecule has 0 unspecified atom stereocenters. The molecule has 5 rings (SSSR count). The number of nitrogens with one attached hydrogen (secondary N) is 3. The van der Waals surface area contributed by atoms with Gasteiger partial charge in [-0.25, -0.2) is 19.9 Å². The predicted molar refractivity (Wildman–Crippen MR) is 132 cm³/mol. The van der Waals surface area contributed by atoms with Crippen LogP contribution in [0.5, 0.6) is 0 Å². The molecule has 0 saturated heterocycles. The first-order valence-corrected chi connectivity index (χ1v) is 11.1. The first-order chi connectivity index (χ1) is 16.1. The highest BCUT2D eigenvalue weighted by Crippen LogP contribution is 2.23. The second-order valence-electron chi connectivity index (χ2n) is 7.22. The van der Waals surface area contributed by atoms with Gasteiger partial charge in [-0.15, -0.1) is 11.3 Å². The third kappa shape index (κ3) is 4.94. The summed E-state index contributed by atoms with van der Waals surface area (Å²) in [4.78, 5) is 30.0. The number of benzene rings is 2.